The van der Waals surface area contributed by atoms with Gasteiger partial charge in [0.05, 0.1) is 23.4 Å². The molecule has 3 rings (SSSR count). The molecule has 24 heavy (non-hydrogen) atoms. The number of methoxy groups -OCH3 is 1. The fourth-order valence-electron chi connectivity index (χ4n) is 2.66. The summed E-state index contributed by atoms with van der Waals surface area (Å²) in [6, 6.07) is 7.60. The maximum absolute atomic E-state index is 13.1. The predicted molar refractivity (Wildman–Crippen MR) is 101 cm³/mol. The Labute approximate surface area is 151 Å². The first-order chi connectivity index (χ1) is 11.6. The highest BCUT2D eigenvalue weighted by atomic mass is 32.2. The summed E-state index contributed by atoms with van der Waals surface area (Å²) in [5.74, 6) is 1.75. The SMILES string of the molecule is CCCCSc1nc2c(c(=O)n1-c1ccc(OC)cc1)S[C@@H](C)C2. The standard InChI is InChI=1S/C18H22N2O2S2/c1-4-5-10-23-18-19-15-11-12(2)24-16(15)17(21)20(18)13-6-8-14(22-3)9-7-13/h6-9,12H,4-5,10-11H2,1-3H3/t12-/m0/s1. The van der Waals surface area contributed by atoms with Crippen LogP contribution in [0.5, 0.6) is 5.75 Å². The first-order valence-electron chi connectivity index (χ1n) is 8.23. The van der Waals surface area contributed by atoms with Gasteiger partial charge in [-0.15, -0.1) is 11.8 Å². The number of hydrogen-bond donors (Lipinski definition) is 0. The van der Waals surface area contributed by atoms with Crippen LogP contribution in [0.15, 0.2) is 39.1 Å². The first-order valence-corrected chi connectivity index (χ1v) is 10.1. The van der Waals surface area contributed by atoms with E-state index in [1.165, 1.54) is 0 Å². The van der Waals surface area contributed by atoms with Crippen LogP contribution in [-0.4, -0.2) is 27.7 Å². The van der Waals surface area contributed by atoms with Gasteiger partial charge in [-0.2, -0.15) is 0 Å². The number of thioether (sulfide) groups is 2. The van der Waals surface area contributed by atoms with Crippen molar-refractivity contribution in [3.05, 3.63) is 40.3 Å². The molecule has 1 atom stereocenters. The number of fused-ring (bicyclic) bond motifs is 1. The molecule has 6 heteroatoms. The minimum absolute atomic E-state index is 0.0542. The zero-order valence-corrected chi connectivity index (χ0v) is 15.9. The van der Waals surface area contributed by atoms with Gasteiger partial charge in [0.1, 0.15) is 5.75 Å². The molecule has 1 aliphatic rings. The maximum atomic E-state index is 13.1. The van der Waals surface area contributed by atoms with Crippen LogP contribution < -0.4 is 10.3 Å². The molecule has 0 amide bonds. The van der Waals surface area contributed by atoms with E-state index in [1.807, 2.05) is 24.3 Å². The van der Waals surface area contributed by atoms with Crippen molar-refractivity contribution < 1.29 is 4.74 Å². The Morgan fingerprint density at radius 1 is 1.38 bits per heavy atom. The number of aromatic nitrogens is 2. The average molecular weight is 363 g/mol. The molecule has 0 saturated carbocycles. The van der Waals surface area contributed by atoms with Crippen molar-refractivity contribution in [1.29, 1.82) is 0 Å². The lowest BCUT2D eigenvalue weighted by atomic mass is 10.2. The highest BCUT2D eigenvalue weighted by molar-refractivity contribution is 8.00. The third-order valence-corrected chi connectivity index (χ3v) is 6.18. The zero-order valence-electron chi connectivity index (χ0n) is 14.2. The molecular formula is C18H22N2O2S2. The van der Waals surface area contributed by atoms with Crippen LogP contribution in [0.2, 0.25) is 0 Å². The molecule has 0 N–H and O–H groups in total. The van der Waals surface area contributed by atoms with Gasteiger partial charge in [-0.3, -0.25) is 9.36 Å². The van der Waals surface area contributed by atoms with Crippen LogP contribution in [0.25, 0.3) is 5.69 Å². The van der Waals surface area contributed by atoms with Crippen molar-refractivity contribution in [3.8, 4) is 11.4 Å². The van der Waals surface area contributed by atoms with Crippen molar-refractivity contribution in [3.63, 3.8) is 0 Å². The highest BCUT2D eigenvalue weighted by Crippen LogP contribution is 2.35. The number of nitrogens with zero attached hydrogens (tertiary/aromatic N) is 2. The first kappa shape index (κ1) is 17.4. The second kappa shape index (κ2) is 7.66. The van der Waals surface area contributed by atoms with Gasteiger partial charge in [0.25, 0.3) is 5.56 Å². The van der Waals surface area contributed by atoms with E-state index < -0.39 is 0 Å². The van der Waals surface area contributed by atoms with Gasteiger partial charge < -0.3 is 4.74 Å². The Balaban J connectivity index is 2.07. The van der Waals surface area contributed by atoms with Gasteiger partial charge in [-0.25, -0.2) is 4.98 Å². The molecule has 128 valence electrons. The fraction of sp³-hybridized carbons (Fsp3) is 0.444. The summed E-state index contributed by atoms with van der Waals surface area (Å²) in [6.07, 6.45) is 3.13. The van der Waals surface area contributed by atoms with Crippen molar-refractivity contribution in [2.24, 2.45) is 0 Å². The quantitative estimate of drug-likeness (QED) is 0.438. The van der Waals surface area contributed by atoms with Crippen LogP contribution in [0.3, 0.4) is 0 Å². The molecule has 0 spiro atoms. The molecule has 1 aromatic carbocycles. The van der Waals surface area contributed by atoms with Gasteiger partial charge >= 0.3 is 0 Å². The lowest BCUT2D eigenvalue weighted by Gasteiger charge is -2.14. The normalized spacial score (nSPS) is 16.2. The number of rotatable bonds is 6. The minimum Gasteiger partial charge on any atom is -0.497 e. The monoisotopic (exact) mass is 362 g/mol. The number of unbranched alkanes of at least 4 members (excludes halogenated alkanes) is 1. The Hall–Kier alpha value is -1.40. The van der Waals surface area contributed by atoms with E-state index in [4.69, 9.17) is 9.72 Å². The Kier molecular flexibility index (Phi) is 5.56. The molecule has 2 heterocycles. The van der Waals surface area contributed by atoms with Crippen LogP contribution in [0.4, 0.5) is 0 Å². The smallest absolute Gasteiger partial charge is 0.272 e. The molecule has 1 aliphatic heterocycles. The van der Waals surface area contributed by atoms with Crippen molar-refractivity contribution in [2.45, 2.75) is 48.4 Å². The van der Waals surface area contributed by atoms with E-state index in [9.17, 15) is 4.79 Å². The zero-order chi connectivity index (χ0) is 17.1. The topological polar surface area (TPSA) is 44.1 Å². The van der Waals surface area contributed by atoms with Gasteiger partial charge in [0.15, 0.2) is 5.16 Å². The molecule has 2 aromatic rings. The maximum Gasteiger partial charge on any atom is 0.272 e. The van der Waals surface area contributed by atoms with Crippen molar-refractivity contribution >= 4 is 23.5 Å². The van der Waals surface area contributed by atoms with Crippen molar-refractivity contribution in [2.75, 3.05) is 12.9 Å². The number of hydrogen-bond acceptors (Lipinski definition) is 5. The second-order valence-corrected chi connectivity index (χ2v) is 8.35. The largest absolute Gasteiger partial charge is 0.497 e. The molecule has 0 saturated heterocycles. The van der Waals surface area contributed by atoms with E-state index in [0.29, 0.717) is 5.25 Å². The summed E-state index contributed by atoms with van der Waals surface area (Å²) < 4.78 is 6.97. The highest BCUT2D eigenvalue weighted by Gasteiger charge is 2.26. The predicted octanol–water partition coefficient (Wildman–Crippen LogP) is 4.17. The molecule has 0 bridgehead atoms. The third-order valence-electron chi connectivity index (χ3n) is 3.94. The minimum atomic E-state index is 0.0542. The number of benzene rings is 1. The summed E-state index contributed by atoms with van der Waals surface area (Å²) in [6.45, 7) is 4.32. The molecule has 0 radical (unpaired) electrons. The van der Waals surface area contributed by atoms with Gasteiger partial charge in [0, 0.05) is 17.4 Å². The van der Waals surface area contributed by atoms with Crippen LogP contribution in [-0.2, 0) is 6.42 Å². The summed E-state index contributed by atoms with van der Waals surface area (Å²) in [5.41, 5.74) is 1.86. The lowest BCUT2D eigenvalue weighted by molar-refractivity contribution is 0.414. The molecule has 0 aliphatic carbocycles. The van der Waals surface area contributed by atoms with Crippen LogP contribution >= 0.6 is 23.5 Å². The van der Waals surface area contributed by atoms with Crippen molar-refractivity contribution in [1.82, 2.24) is 9.55 Å². The van der Waals surface area contributed by atoms with Crippen LogP contribution in [0, 0.1) is 0 Å². The Morgan fingerprint density at radius 3 is 2.79 bits per heavy atom. The van der Waals surface area contributed by atoms with E-state index in [1.54, 1.807) is 35.2 Å². The average Bonchev–Trinajstić information content (AvgIpc) is 2.96. The lowest BCUT2D eigenvalue weighted by Crippen LogP contribution is -2.23. The molecular weight excluding hydrogens is 340 g/mol. The van der Waals surface area contributed by atoms with Gasteiger partial charge in [-0.1, -0.05) is 32.0 Å². The number of ether oxygens (including phenoxy) is 1. The third kappa shape index (κ3) is 3.49. The Morgan fingerprint density at radius 2 is 2.12 bits per heavy atom. The van der Waals surface area contributed by atoms with E-state index in [2.05, 4.69) is 13.8 Å². The molecule has 4 nitrogen and oxygen atoms in total. The van der Waals surface area contributed by atoms with Crippen LogP contribution in [0.1, 0.15) is 32.4 Å². The fourth-order valence-corrected chi connectivity index (χ4v) is 4.87. The molecule has 0 fully saturated rings. The summed E-state index contributed by atoms with van der Waals surface area (Å²) in [7, 11) is 1.64. The summed E-state index contributed by atoms with van der Waals surface area (Å²) in [5, 5.41) is 1.22. The van der Waals surface area contributed by atoms with Gasteiger partial charge in [0.2, 0.25) is 0 Å². The summed E-state index contributed by atoms with van der Waals surface area (Å²) >= 11 is 3.31. The second-order valence-electron chi connectivity index (χ2n) is 5.84. The Bertz CT molecular complexity index is 772. The van der Waals surface area contributed by atoms with E-state index >= 15 is 0 Å². The van der Waals surface area contributed by atoms with E-state index in [0.717, 1.165) is 52.2 Å². The molecule has 0 unspecified atom stereocenters. The molecule has 1 aromatic heterocycles. The van der Waals surface area contributed by atoms with E-state index in [-0.39, 0.29) is 5.56 Å². The summed E-state index contributed by atoms with van der Waals surface area (Å²) in [4.78, 5) is 18.7. The van der Waals surface area contributed by atoms with Gasteiger partial charge in [-0.05, 0) is 30.7 Å².